The normalized spacial score (nSPS) is 15.6. The van der Waals surface area contributed by atoms with Crippen molar-refractivity contribution in [2.75, 3.05) is 11.4 Å². The number of anilines is 1. The molecule has 2 N–H and O–H groups in total. The highest BCUT2D eigenvalue weighted by atomic mass is 19.4. The van der Waals surface area contributed by atoms with Crippen LogP contribution in [0.25, 0.3) is 0 Å². The van der Waals surface area contributed by atoms with Crippen LogP contribution in [0.4, 0.5) is 18.9 Å². The van der Waals surface area contributed by atoms with Crippen LogP contribution >= 0.6 is 0 Å². The van der Waals surface area contributed by atoms with Gasteiger partial charge in [-0.05, 0) is 55.0 Å². The molecule has 0 bridgehead atoms. The zero-order valence-electron chi connectivity index (χ0n) is 16.7. The van der Waals surface area contributed by atoms with Crippen molar-refractivity contribution >= 4 is 18.1 Å². The summed E-state index contributed by atoms with van der Waals surface area (Å²) in [7, 11) is 0. The Morgan fingerprint density at radius 1 is 1.03 bits per heavy atom. The lowest BCUT2D eigenvalue weighted by Crippen LogP contribution is -2.36. The summed E-state index contributed by atoms with van der Waals surface area (Å²) < 4.78 is 39.8. The van der Waals surface area contributed by atoms with Gasteiger partial charge in [0.1, 0.15) is 0 Å². The van der Waals surface area contributed by atoms with Crippen molar-refractivity contribution in [3.63, 3.8) is 0 Å². The minimum atomic E-state index is -4.29. The zero-order chi connectivity index (χ0) is 21.2. The van der Waals surface area contributed by atoms with E-state index >= 15 is 0 Å². The van der Waals surface area contributed by atoms with Gasteiger partial charge in [-0.3, -0.25) is 0 Å². The lowest BCUT2D eigenvalue weighted by Gasteiger charge is -2.32. The number of nitrogens with one attached hydrogen (secondary N) is 2. The van der Waals surface area contributed by atoms with Crippen molar-refractivity contribution in [3.8, 4) is 0 Å². The van der Waals surface area contributed by atoms with Gasteiger partial charge in [0.2, 0.25) is 0 Å². The van der Waals surface area contributed by atoms with Crippen LogP contribution in [-0.4, -0.2) is 25.2 Å². The van der Waals surface area contributed by atoms with Gasteiger partial charge in [-0.15, -0.1) is 0 Å². The second-order valence-electron chi connectivity index (χ2n) is 8.09. The van der Waals surface area contributed by atoms with E-state index in [0.717, 1.165) is 36.2 Å². The Morgan fingerprint density at radius 2 is 1.69 bits per heavy atom. The number of alkyl halides is 3. The van der Waals surface area contributed by atoms with Crippen molar-refractivity contribution in [2.24, 2.45) is 0 Å². The van der Waals surface area contributed by atoms with Crippen LogP contribution in [0.3, 0.4) is 0 Å². The number of hydrogen-bond donors (Lipinski definition) is 2. The molecule has 29 heavy (non-hydrogen) atoms. The number of aryl methyl sites for hydroxylation is 1. The summed E-state index contributed by atoms with van der Waals surface area (Å²) in [6.45, 7) is 3.94. The lowest BCUT2D eigenvalue weighted by atomic mass is 9.83. The Morgan fingerprint density at radius 3 is 2.28 bits per heavy atom. The van der Waals surface area contributed by atoms with Crippen molar-refractivity contribution in [3.05, 3.63) is 64.7 Å². The standard InChI is InChI=1S/C23H26F3N3/c1-22(2,23(24,25)26)20-8-5-16(6-9-20)15-29-11-3-4-18-12-17(7-10-21(18)29)19(13-27)14-28/h5-10,12-14,19,27-28H,3-4,11,15H2,1-2H3. The van der Waals surface area contributed by atoms with E-state index in [1.54, 1.807) is 24.3 Å². The average molecular weight is 401 g/mol. The summed E-state index contributed by atoms with van der Waals surface area (Å²) in [5, 5.41) is 14.9. The fourth-order valence-electron chi connectivity index (χ4n) is 3.72. The maximum absolute atomic E-state index is 13.3. The summed E-state index contributed by atoms with van der Waals surface area (Å²) in [6.07, 6.45) is 0.179. The van der Waals surface area contributed by atoms with Crippen molar-refractivity contribution < 1.29 is 13.2 Å². The molecule has 1 aliphatic heterocycles. The van der Waals surface area contributed by atoms with Crippen LogP contribution in [-0.2, 0) is 18.4 Å². The molecule has 3 nitrogen and oxygen atoms in total. The Bertz CT molecular complexity index is 877. The molecule has 3 rings (SSSR count). The predicted octanol–water partition coefficient (Wildman–Crippen LogP) is 5.86. The fourth-order valence-corrected chi connectivity index (χ4v) is 3.72. The molecule has 0 aliphatic carbocycles. The van der Waals surface area contributed by atoms with E-state index in [9.17, 15) is 13.2 Å². The lowest BCUT2D eigenvalue weighted by molar-refractivity contribution is -0.180. The van der Waals surface area contributed by atoms with Crippen LogP contribution in [0, 0.1) is 10.8 Å². The molecule has 0 atom stereocenters. The van der Waals surface area contributed by atoms with E-state index in [1.807, 2.05) is 12.1 Å². The number of hydrogen-bond acceptors (Lipinski definition) is 3. The molecule has 0 fully saturated rings. The number of fused-ring (bicyclic) bond motifs is 1. The molecule has 0 aromatic heterocycles. The Balaban J connectivity index is 1.80. The van der Waals surface area contributed by atoms with E-state index in [2.05, 4.69) is 11.0 Å². The summed E-state index contributed by atoms with van der Waals surface area (Å²) in [5.41, 5.74) is 2.61. The van der Waals surface area contributed by atoms with E-state index in [-0.39, 0.29) is 11.5 Å². The van der Waals surface area contributed by atoms with Crippen LogP contribution < -0.4 is 4.90 Å². The first-order valence-corrected chi connectivity index (χ1v) is 9.72. The van der Waals surface area contributed by atoms with Gasteiger partial charge in [0.15, 0.2) is 0 Å². The van der Waals surface area contributed by atoms with Gasteiger partial charge in [-0.2, -0.15) is 13.2 Å². The van der Waals surface area contributed by atoms with Gasteiger partial charge < -0.3 is 15.7 Å². The quantitative estimate of drug-likeness (QED) is 0.585. The second kappa shape index (κ2) is 8.01. The van der Waals surface area contributed by atoms with Gasteiger partial charge in [0, 0.05) is 31.2 Å². The molecule has 1 heterocycles. The second-order valence-corrected chi connectivity index (χ2v) is 8.09. The highest BCUT2D eigenvalue weighted by Crippen LogP contribution is 2.40. The van der Waals surface area contributed by atoms with Crippen molar-refractivity contribution in [2.45, 2.75) is 50.7 Å². The number of rotatable bonds is 6. The summed E-state index contributed by atoms with van der Waals surface area (Å²) >= 11 is 0. The monoisotopic (exact) mass is 401 g/mol. The minimum absolute atomic E-state index is 0.266. The van der Waals surface area contributed by atoms with E-state index < -0.39 is 11.6 Å². The average Bonchev–Trinajstić information content (AvgIpc) is 2.68. The summed E-state index contributed by atoms with van der Waals surface area (Å²) in [4.78, 5) is 2.25. The summed E-state index contributed by atoms with van der Waals surface area (Å²) in [6, 6.07) is 12.8. The van der Waals surface area contributed by atoms with Crippen LogP contribution in [0.15, 0.2) is 42.5 Å². The molecule has 0 unspecified atom stereocenters. The molecule has 154 valence electrons. The SMILES string of the molecule is CC(C)(c1ccc(CN2CCCc3cc(C(C=N)C=N)ccc32)cc1)C(F)(F)F. The minimum Gasteiger partial charge on any atom is -0.367 e. The van der Waals surface area contributed by atoms with Crippen LogP contribution in [0.2, 0.25) is 0 Å². The highest BCUT2D eigenvalue weighted by molar-refractivity contribution is 5.87. The first-order chi connectivity index (χ1) is 13.7. The smallest absolute Gasteiger partial charge is 0.367 e. The van der Waals surface area contributed by atoms with E-state index in [1.165, 1.54) is 31.8 Å². The van der Waals surface area contributed by atoms with Gasteiger partial charge in [-0.1, -0.05) is 36.4 Å². The molecular weight excluding hydrogens is 375 g/mol. The Labute approximate surface area is 169 Å². The molecule has 0 spiro atoms. The molecule has 2 aromatic carbocycles. The number of nitrogens with zero attached hydrogens (tertiary/aromatic N) is 1. The van der Waals surface area contributed by atoms with Crippen LogP contribution in [0.1, 0.15) is 48.4 Å². The fraction of sp³-hybridized carbons (Fsp3) is 0.391. The summed E-state index contributed by atoms with van der Waals surface area (Å²) in [5.74, 6) is -0.305. The predicted molar refractivity (Wildman–Crippen MR) is 112 cm³/mol. The van der Waals surface area contributed by atoms with Gasteiger partial charge in [0.05, 0.1) is 11.3 Å². The van der Waals surface area contributed by atoms with E-state index in [0.29, 0.717) is 6.54 Å². The van der Waals surface area contributed by atoms with Gasteiger partial charge in [-0.25, -0.2) is 0 Å². The van der Waals surface area contributed by atoms with Crippen LogP contribution in [0.5, 0.6) is 0 Å². The van der Waals surface area contributed by atoms with E-state index in [4.69, 9.17) is 10.8 Å². The first kappa shape index (κ1) is 21.1. The number of halogens is 3. The highest BCUT2D eigenvalue weighted by Gasteiger charge is 2.48. The molecule has 1 aliphatic rings. The maximum atomic E-state index is 13.3. The third kappa shape index (κ3) is 4.21. The van der Waals surface area contributed by atoms with Gasteiger partial charge >= 0.3 is 6.18 Å². The Hall–Kier alpha value is -2.63. The molecule has 0 saturated carbocycles. The molecule has 2 aromatic rings. The zero-order valence-corrected chi connectivity index (χ0v) is 16.7. The Kier molecular flexibility index (Phi) is 5.82. The first-order valence-electron chi connectivity index (χ1n) is 9.72. The number of benzene rings is 2. The largest absolute Gasteiger partial charge is 0.397 e. The maximum Gasteiger partial charge on any atom is 0.397 e. The topological polar surface area (TPSA) is 50.9 Å². The molecule has 0 radical (unpaired) electrons. The molecule has 0 amide bonds. The van der Waals surface area contributed by atoms with Crippen molar-refractivity contribution in [1.29, 1.82) is 10.8 Å². The molecule has 6 heteroatoms. The third-order valence-electron chi connectivity index (χ3n) is 5.82. The molecular formula is C23H26F3N3. The third-order valence-corrected chi connectivity index (χ3v) is 5.82. The van der Waals surface area contributed by atoms with Gasteiger partial charge in [0.25, 0.3) is 0 Å². The molecule has 0 saturated heterocycles. The van der Waals surface area contributed by atoms with Crippen molar-refractivity contribution in [1.82, 2.24) is 0 Å².